The molecule has 0 bridgehead atoms. The molecule has 1 unspecified atom stereocenters. The van der Waals surface area contributed by atoms with Gasteiger partial charge in [-0.15, -0.1) is 0 Å². The molecule has 0 N–H and O–H groups in total. The van der Waals surface area contributed by atoms with E-state index in [-0.39, 0.29) is 10.8 Å². The summed E-state index contributed by atoms with van der Waals surface area (Å²) in [7, 11) is 0. The highest BCUT2D eigenvalue weighted by molar-refractivity contribution is 6.14. The fourth-order valence-electron chi connectivity index (χ4n) is 8.63. The highest BCUT2D eigenvalue weighted by Gasteiger charge is 2.41. The van der Waals surface area contributed by atoms with Crippen LogP contribution in [0.5, 0.6) is 0 Å². The number of rotatable bonds is 4. The number of hydrogen-bond acceptors (Lipinski definition) is 5. The highest BCUT2D eigenvalue weighted by Crippen LogP contribution is 2.55. The Kier molecular flexibility index (Phi) is 5.97. The van der Waals surface area contributed by atoms with Crippen LogP contribution in [0.15, 0.2) is 126 Å². The molecule has 1 atom stereocenters. The largest absolute Gasteiger partial charge is 0.456 e. The number of pyridine rings is 1. The molecule has 8 aromatic rings. The molecule has 2 aliphatic rings. The molecular weight excluding hydrogens is 613 g/mol. The molecule has 240 valence electrons. The van der Waals surface area contributed by atoms with E-state index in [2.05, 4.69) is 124 Å². The molecule has 0 saturated carbocycles. The molecule has 0 fully saturated rings. The Bertz CT molecular complexity index is 2690. The predicted molar refractivity (Wildman–Crippen MR) is 201 cm³/mol. The van der Waals surface area contributed by atoms with E-state index < -0.39 is 0 Å². The van der Waals surface area contributed by atoms with Gasteiger partial charge in [-0.2, -0.15) is 0 Å². The molecule has 0 amide bonds. The first-order chi connectivity index (χ1) is 24.4. The molecule has 5 aromatic carbocycles. The number of aromatic nitrogens is 4. The summed E-state index contributed by atoms with van der Waals surface area (Å²) in [5.74, 6) is 1.74. The maximum atomic E-state index is 6.84. The van der Waals surface area contributed by atoms with E-state index in [4.69, 9.17) is 19.4 Å². The molecule has 5 heteroatoms. The van der Waals surface area contributed by atoms with Gasteiger partial charge in [-0.1, -0.05) is 113 Å². The van der Waals surface area contributed by atoms with E-state index in [9.17, 15) is 0 Å². The number of furan rings is 1. The topological polar surface area (TPSA) is 64.7 Å². The minimum Gasteiger partial charge on any atom is -0.456 e. The van der Waals surface area contributed by atoms with Gasteiger partial charge in [0.05, 0.1) is 0 Å². The van der Waals surface area contributed by atoms with Gasteiger partial charge >= 0.3 is 0 Å². The van der Waals surface area contributed by atoms with Crippen LogP contribution >= 0.6 is 0 Å². The summed E-state index contributed by atoms with van der Waals surface area (Å²) in [6.07, 6.45) is 2.74. The van der Waals surface area contributed by atoms with Crippen molar-refractivity contribution in [2.45, 2.75) is 44.9 Å². The zero-order valence-electron chi connectivity index (χ0n) is 28.5. The first-order valence-electron chi connectivity index (χ1n) is 17.4. The second kappa shape index (κ2) is 10.3. The van der Waals surface area contributed by atoms with Crippen molar-refractivity contribution in [1.29, 1.82) is 0 Å². The van der Waals surface area contributed by atoms with Crippen LogP contribution in [-0.2, 0) is 10.8 Å². The summed E-state index contributed by atoms with van der Waals surface area (Å²) < 4.78 is 6.84. The average molecular weight is 647 g/mol. The maximum absolute atomic E-state index is 6.84. The van der Waals surface area contributed by atoms with Gasteiger partial charge in [0.25, 0.3) is 0 Å². The fraction of sp³-hybridized carbons (Fsp3) is 0.156. The van der Waals surface area contributed by atoms with Crippen LogP contribution in [0.25, 0.3) is 78.5 Å². The Labute approximate surface area is 290 Å². The normalized spacial score (nSPS) is 16.7. The highest BCUT2D eigenvalue weighted by atomic mass is 16.3. The number of benzene rings is 5. The summed E-state index contributed by atoms with van der Waals surface area (Å²) in [4.78, 5) is 20.0. The van der Waals surface area contributed by atoms with Gasteiger partial charge in [-0.3, -0.25) is 4.98 Å². The third-order valence-corrected chi connectivity index (χ3v) is 11.3. The SMILES string of the molecule is CCC1(C)c2ccccc2-c2ccc3c(oc4cccc(-c5nc(-c6ccc7c(c6)C(C)(C)c6ccccc6-7)nc(-c6ccccn6)n5)c43)c21. The van der Waals surface area contributed by atoms with Crippen LogP contribution in [0.2, 0.25) is 0 Å². The number of nitrogens with zero attached hydrogens (tertiary/aromatic N) is 4. The van der Waals surface area contributed by atoms with E-state index >= 15 is 0 Å². The molecule has 0 radical (unpaired) electrons. The number of hydrogen-bond donors (Lipinski definition) is 0. The van der Waals surface area contributed by atoms with Crippen molar-refractivity contribution in [1.82, 2.24) is 19.9 Å². The van der Waals surface area contributed by atoms with Gasteiger partial charge in [-0.05, 0) is 75.7 Å². The zero-order chi connectivity index (χ0) is 33.8. The van der Waals surface area contributed by atoms with Gasteiger partial charge in [0, 0.05) is 44.5 Å². The van der Waals surface area contributed by atoms with E-state index in [1.54, 1.807) is 6.20 Å². The van der Waals surface area contributed by atoms with Crippen LogP contribution in [0.4, 0.5) is 0 Å². The Morgan fingerprint density at radius 1 is 0.580 bits per heavy atom. The monoisotopic (exact) mass is 646 g/mol. The summed E-state index contributed by atoms with van der Waals surface area (Å²) in [5, 5.41) is 2.08. The first-order valence-corrected chi connectivity index (χ1v) is 17.4. The van der Waals surface area contributed by atoms with Crippen LogP contribution in [0.1, 0.15) is 56.4 Å². The lowest BCUT2D eigenvalue weighted by atomic mass is 9.77. The second-order valence-electron chi connectivity index (χ2n) is 14.3. The Morgan fingerprint density at radius 3 is 2.06 bits per heavy atom. The van der Waals surface area contributed by atoms with Crippen LogP contribution in [-0.4, -0.2) is 19.9 Å². The van der Waals surface area contributed by atoms with Gasteiger partial charge in [0.2, 0.25) is 0 Å². The molecule has 2 aliphatic carbocycles. The summed E-state index contributed by atoms with van der Waals surface area (Å²) in [6.45, 7) is 9.20. The molecule has 5 nitrogen and oxygen atoms in total. The van der Waals surface area contributed by atoms with E-state index in [1.165, 1.54) is 44.5 Å². The molecule has 0 aliphatic heterocycles. The molecule has 3 heterocycles. The quantitative estimate of drug-likeness (QED) is 0.190. The Balaban J connectivity index is 1.20. The fourth-order valence-corrected chi connectivity index (χ4v) is 8.63. The van der Waals surface area contributed by atoms with Crippen LogP contribution in [0.3, 0.4) is 0 Å². The van der Waals surface area contributed by atoms with Crippen molar-refractivity contribution < 1.29 is 4.42 Å². The van der Waals surface area contributed by atoms with E-state index in [0.717, 1.165) is 39.5 Å². The van der Waals surface area contributed by atoms with Crippen molar-refractivity contribution in [3.63, 3.8) is 0 Å². The molecule has 0 saturated heterocycles. The van der Waals surface area contributed by atoms with E-state index in [1.807, 2.05) is 24.3 Å². The van der Waals surface area contributed by atoms with Gasteiger partial charge in [-0.25, -0.2) is 15.0 Å². The van der Waals surface area contributed by atoms with Gasteiger partial charge < -0.3 is 4.42 Å². The lowest BCUT2D eigenvalue weighted by molar-refractivity contribution is 0.553. The van der Waals surface area contributed by atoms with Crippen LogP contribution in [0, 0.1) is 0 Å². The van der Waals surface area contributed by atoms with Crippen molar-refractivity contribution in [2.75, 3.05) is 0 Å². The Hall–Kier alpha value is -5.94. The summed E-state index contributed by atoms with van der Waals surface area (Å²) in [5.41, 5.74) is 14.3. The van der Waals surface area contributed by atoms with Crippen molar-refractivity contribution >= 4 is 21.9 Å². The third kappa shape index (κ3) is 3.89. The molecule has 3 aromatic heterocycles. The second-order valence-corrected chi connectivity index (χ2v) is 14.3. The molecule has 50 heavy (non-hydrogen) atoms. The van der Waals surface area contributed by atoms with E-state index in [0.29, 0.717) is 23.2 Å². The minimum absolute atomic E-state index is 0.143. The van der Waals surface area contributed by atoms with Crippen molar-refractivity contribution in [2.24, 2.45) is 0 Å². The third-order valence-electron chi connectivity index (χ3n) is 11.3. The number of fused-ring (bicyclic) bond motifs is 10. The molecule has 0 spiro atoms. The van der Waals surface area contributed by atoms with Crippen molar-refractivity contribution in [3.8, 4) is 56.5 Å². The lowest BCUT2D eigenvalue weighted by Crippen LogP contribution is -2.19. The summed E-state index contributed by atoms with van der Waals surface area (Å²) in [6, 6.07) is 40.6. The molecule has 10 rings (SSSR count). The van der Waals surface area contributed by atoms with Crippen LogP contribution < -0.4 is 0 Å². The smallest absolute Gasteiger partial charge is 0.182 e. The first kappa shape index (κ1) is 29.0. The van der Waals surface area contributed by atoms with Gasteiger partial charge in [0.15, 0.2) is 17.5 Å². The Morgan fingerprint density at radius 2 is 1.26 bits per heavy atom. The van der Waals surface area contributed by atoms with Crippen molar-refractivity contribution in [3.05, 3.63) is 144 Å². The average Bonchev–Trinajstić information content (AvgIpc) is 3.75. The maximum Gasteiger partial charge on any atom is 0.182 e. The summed E-state index contributed by atoms with van der Waals surface area (Å²) >= 11 is 0. The zero-order valence-corrected chi connectivity index (χ0v) is 28.5. The van der Waals surface area contributed by atoms with Gasteiger partial charge in [0.1, 0.15) is 16.9 Å². The lowest BCUT2D eigenvalue weighted by Gasteiger charge is -2.25. The standard InChI is InChI=1S/C45H34N4O/c1-5-45(4)34-17-9-7-14-28(34)30-22-23-31-38-32(15-12-19-37(38)50-40(31)39(30)45)42-47-41(48-43(49-42)36-18-10-11-24-46-36)26-20-21-29-27-13-6-8-16-33(27)44(2,3)35(29)25-26/h6-25H,5H2,1-4H3. The predicted octanol–water partition coefficient (Wildman–Crippen LogP) is 11.2. The minimum atomic E-state index is -0.160. The molecular formula is C45H34N4O.